The molecule has 1 aliphatic heterocycles. The third-order valence-electron chi connectivity index (χ3n) is 4.33. The molecule has 9 heteroatoms. The smallest absolute Gasteiger partial charge is 0.338 e. The third-order valence-corrected chi connectivity index (χ3v) is 5.16. The number of nitrogens with zero attached hydrogens (tertiary/aromatic N) is 3. The van der Waals surface area contributed by atoms with Crippen LogP contribution in [0.2, 0.25) is 0 Å². The number of alkyl halides is 3. The molecular formula is C16H19F3N4OS. The lowest BCUT2D eigenvalue weighted by molar-refractivity contribution is -0.141. The quantitative estimate of drug-likeness (QED) is 0.885. The van der Waals surface area contributed by atoms with Crippen LogP contribution in [0.1, 0.15) is 65.4 Å². The third kappa shape index (κ3) is 3.70. The summed E-state index contributed by atoms with van der Waals surface area (Å²) in [6.07, 6.45) is -2.19. The molecule has 1 N–H and O–H groups in total. The molecular weight excluding hydrogens is 353 g/mol. The largest absolute Gasteiger partial charge is 0.432 e. The second kappa shape index (κ2) is 6.78. The minimum atomic E-state index is -4.44. The van der Waals surface area contributed by atoms with Gasteiger partial charge in [-0.1, -0.05) is 13.8 Å². The van der Waals surface area contributed by atoms with E-state index in [1.54, 1.807) is 10.4 Å². The summed E-state index contributed by atoms with van der Waals surface area (Å²) < 4.78 is 38.2. The van der Waals surface area contributed by atoms with Gasteiger partial charge in [-0.05, 0) is 18.8 Å². The maximum absolute atomic E-state index is 12.8. The highest BCUT2D eigenvalue weighted by Crippen LogP contribution is 2.32. The Bertz CT molecular complexity index is 753. The number of H-pyrrole nitrogens is 1. The first-order valence-electron chi connectivity index (χ1n) is 8.12. The van der Waals surface area contributed by atoms with Crippen LogP contribution in [-0.4, -0.2) is 38.8 Å². The molecule has 0 saturated carbocycles. The van der Waals surface area contributed by atoms with E-state index in [0.29, 0.717) is 30.2 Å². The summed E-state index contributed by atoms with van der Waals surface area (Å²) in [4.78, 5) is 25.6. The molecule has 136 valence electrons. The van der Waals surface area contributed by atoms with Crippen molar-refractivity contribution >= 4 is 17.2 Å². The highest BCUT2D eigenvalue weighted by Gasteiger charge is 2.35. The van der Waals surface area contributed by atoms with E-state index in [1.807, 2.05) is 13.8 Å². The maximum Gasteiger partial charge on any atom is 0.432 e. The molecule has 0 spiro atoms. The number of halogens is 3. The van der Waals surface area contributed by atoms with E-state index in [1.165, 1.54) is 11.3 Å². The van der Waals surface area contributed by atoms with Crippen molar-refractivity contribution < 1.29 is 18.0 Å². The van der Waals surface area contributed by atoms with Crippen LogP contribution in [0.4, 0.5) is 13.2 Å². The molecule has 1 amide bonds. The van der Waals surface area contributed by atoms with Gasteiger partial charge in [0, 0.05) is 19.0 Å². The van der Waals surface area contributed by atoms with E-state index in [2.05, 4.69) is 15.0 Å². The van der Waals surface area contributed by atoms with E-state index in [-0.39, 0.29) is 17.7 Å². The monoisotopic (exact) mass is 372 g/mol. The van der Waals surface area contributed by atoms with Gasteiger partial charge in [-0.2, -0.15) is 13.2 Å². The van der Waals surface area contributed by atoms with E-state index in [9.17, 15) is 18.0 Å². The van der Waals surface area contributed by atoms with Gasteiger partial charge < -0.3 is 9.88 Å². The van der Waals surface area contributed by atoms with Gasteiger partial charge in [0.1, 0.15) is 16.4 Å². The number of hydrogen-bond donors (Lipinski definition) is 1. The number of rotatable bonds is 3. The van der Waals surface area contributed by atoms with Crippen LogP contribution >= 0.6 is 11.3 Å². The molecule has 3 heterocycles. The predicted octanol–water partition coefficient (Wildman–Crippen LogP) is 4.03. The van der Waals surface area contributed by atoms with Crippen LogP contribution in [0, 0.1) is 0 Å². The lowest BCUT2D eigenvalue weighted by Crippen LogP contribution is -2.39. The van der Waals surface area contributed by atoms with Crippen molar-refractivity contribution in [1.29, 1.82) is 0 Å². The number of carbonyl (C=O) groups is 1. The first-order valence-corrected chi connectivity index (χ1v) is 9.00. The molecule has 0 aliphatic carbocycles. The normalized spacial score (nSPS) is 18.8. The number of aromatic nitrogens is 3. The lowest BCUT2D eigenvalue weighted by atomic mass is 9.97. The van der Waals surface area contributed by atoms with Crippen LogP contribution in [0.25, 0.3) is 0 Å². The van der Waals surface area contributed by atoms with Crippen LogP contribution in [-0.2, 0) is 6.18 Å². The van der Waals surface area contributed by atoms with E-state index in [4.69, 9.17) is 0 Å². The molecule has 1 saturated heterocycles. The van der Waals surface area contributed by atoms with E-state index in [0.717, 1.165) is 18.3 Å². The summed E-state index contributed by atoms with van der Waals surface area (Å²) in [6, 6.07) is 0. The number of amides is 1. The molecule has 1 unspecified atom stereocenters. The van der Waals surface area contributed by atoms with Crippen molar-refractivity contribution in [2.45, 2.75) is 44.7 Å². The van der Waals surface area contributed by atoms with Crippen molar-refractivity contribution in [2.24, 2.45) is 0 Å². The minimum Gasteiger partial charge on any atom is -0.338 e. The van der Waals surface area contributed by atoms with Gasteiger partial charge in [-0.25, -0.2) is 9.97 Å². The van der Waals surface area contributed by atoms with E-state index < -0.39 is 11.9 Å². The Morgan fingerprint density at radius 2 is 2.16 bits per heavy atom. The molecule has 25 heavy (non-hydrogen) atoms. The Morgan fingerprint density at radius 1 is 1.40 bits per heavy atom. The molecule has 2 aromatic rings. The number of nitrogens with one attached hydrogen (secondary N) is 1. The van der Waals surface area contributed by atoms with Gasteiger partial charge in [0.2, 0.25) is 0 Å². The number of hydrogen-bond acceptors (Lipinski definition) is 4. The van der Waals surface area contributed by atoms with Crippen LogP contribution in [0.15, 0.2) is 11.7 Å². The standard InChI is InChI=1S/C16H19F3N4OS/c1-9(2)12-13(25-8-21-12)15(24)23-5-3-4-10(7-23)14-20-6-11(22-14)16(17,18)19/h6,8-10H,3-5,7H2,1-2H3,(H,20,22). The summed E-state index contributed by atoms with van der Waals surface area (Å²) in [5, 5.41) is 0. The second-order valence-corrected chi connectivity index (χ2v) is 7.35. The van der Waals surface area contributed by atoms with Gasteiger partial charge in [0.15, 0.2) is 0 Å². The number of carbonyl (C=O) groups excluding carboxylic acids is 1. The zero-order chi connectivity index (χ0) is 18.2. The molecule has 0 radical (unpaired) electrons. The number of aromatic amines is 1. The summed E-state index contributed by atoms with van der Waals surface area (Å²) in [5.74, 6) is 0.117. The zero-order valence-corrected chi connectivity index (χ0v) is 14.7. The van der Waals surface area contributed by atoms with Crippen molar-refractivity contribution in [3.05, 3.63) is 33.8 Å². The molecule has 1 fully saturated rings. The van der Waals surface area contributed by atoms with Crippen molar-refractivity contribution in [1.82, 2.24) is 19.9 Å². The molecule has 1 atom stereocenters. The van der Waals surface area contributed by atoms with Crippen LogP contribution < -0.4 is 0 Å². The highest BCUT2D eigenvalue weighted by molar-refractivity contribution is 7.11. The average Bonchev–Trinajstić information content (AvgIpc) is 3.23. The number of likely N-dealkylation sites (tertiary alicyclic amines) is 1. The second-order valence-electron chi connectivity index (χ2n) is 6.49. The van der Waals surface area contributed by atoms with Crippen molar-refractivity contribution in [2.75, 3.05) is 13.1 Å². The summed E-state index contributed by atoms with van der Waals surface area (Å²) in [7, 11) is 0. The fourth-order valence-electron chi connectivity index (χ4n) is 3.04. The van der Waals surface area contributed by atoms with Crippen molar-refractivity contribution in [3.8, 4) is 0 Å². The topological polar surface area (TPSA) is 61.9 Å². The van der Waals surface area contributed by atoms with Gasteiger partial charge >= 0.3 is 6.18 Å². The Hall–Kier alpha value is -1.90. The van der Waals surface area contributed by atoms with Crippen LogP contribution in [0.3, 0.4) is 0 Å². The Kier molecular flexibility index (Phi) is 4.86. The maximum atomic E-state index is 12.8. The number of imidazole rings is 1. The predicted molar refractivity (Wildman–Crippen MR) is 87.7 cm³/mol. The minimum absolute atomic E-state index is 0.0986. The molecule has 5 nitrogen and oxygen atoms in total. The highest BCUT2D eigenvalue weighted by atomic mass is 32.1. The Balaban J connectivity index is 1.76. The molecule has 1 aliphatic rings. The fourth-order valence-corrected chi connectivity index (χ4v) is 3.95. The van der Waals surface area contributed by atoms with Gasteiger partial charge in [0.25, 0.3) is 5.91 Å². The summed E-state index contributed by atoms with van der Waals surface area (Å²) in [5.41, 5.74) is 1.58. The van der Waals surface area contributed by atoms with Crippen molar-refractivity contribution in [3.63, 3.8) is 0 Å². The summed E-state index contributed by atoms with van der Waals surface area (Å²) in [6.45, 7) is 4.91. The summed E-state index contributed by atoms with van der Waals surface area (Å²) >= 11 is 1.31. The van der Waals surface area contributed by atoms with Gasteiger partial charge in [0.05, 0.1) is 17.4 Å². The van der Waals surface area contributed by atoms with E-state index >= 15 is 0 Å². The average molecular weight is 372 g/mol. The number of thiazole rings is 1. The molecule has 3 rings (SSSR count). The molecule has 0 aromatic carbocycles. The lowest BCUT2D eigenvalue weighted by Gasteiger charge is -2.31. The molecule has 2 aromatic heterocycles. The Morgan fingerprint density at radius 3 is 2.80 bits per heavy atom. The first kappa shape index (κ1) is 17.9. The van der Waals surface area contributed by atoms with Crippen LogP contribution in [0.5, 0.6) is 0 Å². The fraction of sp³-hybridized carbons (Fsp3) is 0.562. The number of piperidine rings is 1. The SMILES string of the molecule is CC(C)c1ncsc1C(=O)N1CCCC(c2ncc(C(F)(F)F)[nH]2)C1. The molecule has 0 bridgehead atoms. The zero-order valence-electron chi connectivity index (χ0n) is 13.9. The Labute approximate surface area is 147 Å². The first-order chi connectivity index (χ1) is 11.8. The van der Waals surface area contributed by atoms with Gasteiger partial charge in [-0.15, -0.1) is 11.3 Å². The van der Waals surface area contributed by atoms with Gasteiger partial charge in [-0.3, -0.25) is 4.79 Å².